The number of ether oxygens (including phenoxy) is 1. The van der Waals surface area contributed by atoms with Crippen LogP contribution in [0.5, 0.6) is 0 Å². The minimum Gasteiger partial charge on any atom is -0.490 e. The number of allylic oxidation sites excluding steroid dienone is 4. The maximum atomic E-state index is 5.55. The summed E-state index contributed by atoms with van der Waals surface area (Å²) in [5.41, 5.74) is 2.42. The Morgan fingerprint density at radius 3 is 2.94 bits per heavy atom. The van der Waals surface area contributed by atoms with Gasteiger partial charge in [-0.1, -0.05) is 61.5 Å². The molecule has 0 aliphatic heterocycles. The summed E-state index contributed by atoms with van der Waals surface area (Å²) in [5.74, 6) is 0.687. The van der Waals surface area contributed by atoms with Gasteiger partial charge < -0.3 is 4.74 Å². The summed E-state index contributed by atoms with van der Waals surface area (Å²) in [6, 6.07) is 8.29. The molecule has 2 heteroatoms. The molecule has 0 N–H and O–H groups in total. The van der Waals surface area contributed by atoms with E-state index in [0.717, 1.165) is 6.42 Å². The van der Waals surface area contributed by atoms with Gasteiger partial charge in [-0.05, 0) is 18.1 Å². The lowest BCUT2D eigenvalue weighted by atomic mass is 9.95. The first kappa shape index (κ1) is 13.4. The lowest BCUT2D eigenvalue weighted by Crippen LogP contribution is -2.03. The molecule has 0 saturated heterocycles. The molecule has 88 valence electrons. The van der Waals surface area contributed by atoms with E-state index < -0.39 is 0 Å². The Labute approximate surface area is 105 Å². The van der Waals surface area contributed by atoms with E-state index in [1.54, 1.807) is 0 Å². The molecule has 0 aromatic heterocycles. The van der Waals surface area contributed by atoms with E-state index in [-0.39, 0.29) is 0 Å². The van der Waals surface area contributed by atoms with Gasteiger partial charge in [0.2, 0.25) is 0 Å². The quantitative estimate of drug-likeness (QED) is 0.411. The van der Waals surface area contributed by atoms with Gasteiger partial charge in [-0.15, -0.1) is 0 Å². The Bertz CT molecular complexity index is 419. The van der Waals surface area contributed by atoms with E-state index >= 15 is 0 Å². The molecule has 0 bridgehead atoms. The highest BCUT2D eigenvalue weighted by molar-refractivity contribution is 6.32. The van der Waals surface area contributed by atoms with Crippen molar-refractivity contribution in [3.05, 3.63) is 66.5 Å². The van der Waals surface area contributed by atoms with Crippen LogP contribution in [-0.2, 0) is 11.3 Å². The molecule has 17 heavy (non-hydrogen) atoms. The maximum Gasteiger partial charge on any atom is 0.139 e. The minimum atomic E-state index is 0.572. The van der Waals surface area contributed by atoms with Crippen LogP contribution in [0.4, 0.5) is 0 Å². The highest BCUT2D eigenvalue weighted by Gasteiger charge is 1.94. The van der Waals surface area contributed by atoms with Gasteiger partial charge in [-0.3, -0.25) is 0 Å². The van der Waals surface area contributed by atoms with Crippen molar-refractivity contribution in [3.63, 3.8) is 0 Å². The first-order chi connectivity index (χ1) is 8.22. The molecule has 1 aromatic carbocycles. The van der Waals surface area contributed by atoms with Crippen molar-refractivity contribution in [1.82, 2.24) is 0 Å². The largest absolute Gasteiger partial charge is 0.490 e. The van der Waals surface area contributed by atoms with Gasteiger partial charge >= 0.3 is 0 Å². The fourth-order valence-corrected chi connectivity index (χ4v) is 1.40. The summed E-state index contributed by atoms with van der Waals surface area (Å²) in [4.78, 5) is 0. The third kappa shape index (κ3) is 5.81. The van der Waals surface area contributed by atoms with Crippen molar-refractivity contribution in [2.45, 2.75) is 20.0 Å². The lowest BCUT2D eigenvalue weighted by Gasteiger charge is -2.06. The molecular formula is C15H19BO. The van der Waals surface area contributed by atoms with Gasteiger partial charge in [-0.25, -0.2) is 0 Å². The number of rotatable bonds is 6. The normalized spacial score (nSPS) is 11.1. The predicted molar refractivity (Wildman–Crippen MR) is 77.1 cm³/mol. The van der Waals surface area contributed by atoms with Crippen molar-refractivity contribution >= 4 is 13.3 Å². The average Bonchev–Trinajstić information content (AvgIpc) is 2.32. The Hall–Kier alpha value is -1.70. The fraction of sp³-hybridized carbons (Fsp3) is 0.200. The highest BCUT2D eigenvalue weighted by Crippen LogP contribution is 2.04. The Morgan fingerprint density at radius 1 is 1.41 bits per heavy atom. The van der Waals surface area contributed by atoms with Crippen molar-refractivity contribution in [3.8, 4) is 0 Å². The molecule has 1 rings (SSSR count). The van der Waals surface area contributed by atoms with Crippen molar-refractivity contribution in [1.29, 1.82) is 0 Å². The summed E-state index contributed by atoms with van der Waals surface area (Å²) in [5, 5.41) is 0. The molecule has 0 spiro atoms. The highest BCUT2D eigenvalue weighted by atomic mass is 16.5. The van der Waals surface area contributed by atoms with Crippen molar-refractivity contribution in [2.24, 2.45) is 0 Å². The molecule has 0 atom stereocenters. The topological polar surface area (TPSA) is 9.23 Å². The van der Waals surface area contributed by atoms with Gasteiger partial charge in [0.1, 0.15) is 20.2 Å². The van der Waals surface area contributed by atoms with Crippen LogP contribution in [0.25, 0.3) is 0 Å². The second-order valence-corrected chi connectivity index (χ2v) is 3.94. The molecular weight excluding hydrogens is 207 g/mol. The molecule has 1 aromatic rings. The molecule has 0 aliphatic carbocycles. The first-order valence-corrected chi connectivity index (χ1v) is 5.93. The first-order valence-electron chi connectivity index (χ1n) is 5.93. The van der Waals surface area contributed by atoms with Crippen molar-refractivity contribution < 1.29 is 4.74 Å². The van der Waals surface area contributed by atoms with Crippen LogP contribution in [0, 0.1) is 0 Å². The van der Waals surface area contributed by atoms with Gasteiger partial charge in [0.05, 0.1) is 0 Å². The lowest BCUT2D eigenvalue weighted by molar-refractivity contribution is 0.212. The molecule has 0 amide bonds. The average molecular weight is 226 g/mol. The third-order valence-corrected chi connectivity index (χ3v) is 2.27. The van der Waals surface area contributed by atoms with Gasteiger partial charge in [0.15, 0.2) is 0 Å². The van der Waals surface area contributed by atoms with Crippen LogP contribution in [0.15, 0.2) is 60.9 Å². The summed E-state index contributed by atoms with van der Waals surface area (Å²) in [6.45, 7) is 6.52. The molecule has 0 saturated carbocycles. The summed E-state index contributed by atoms with van der Waals surface area (Å²) < 4.78 is 5.55. The summed E-state index contributed by atoms with van der Waals surface area (Å²) in [7, 11) is 2.08. The van der Waals surface area contributed by atoms with Crippen LogP contribution in [0.1, 0.15) is 18.9 Å². The summed E-state index contributed by atoms with van der Waals surface area (Å²) in [6.07, 6.45) is 8.95. The van der Waals surface area contributed by atoms with E-state index in [9.17, 15) is 0 Å². The number of hydrogen-bond donors (Lipinski definition) is 0. The number of hydrogen-bond acceptors (Lipinski definition) is 1. The monoisotopic (exact) mass is 226 g/mol. The third-order valence-electron chi connectivity index (χ3n) is 2.27. The zero-order chi connectivity index (χ0) is 12.5. The van der Waals surface area contributed by atoms with Gasteiger partial charge in [0, 0.05) is 0 Å². The van der Waals surface area contributed by atoms with Crippen LogP contribution >= 0.6 is 0 Å². The number of benzene rings is 1. The van der Waals surface area contributed by atoms with Crippen LogP contribution in [0.2, 0.25) is 0 Å². The maximum absolute atomic E-state index is 5.55. The molecule has 0 fully saturated rings. The second-order valence-electron chi connectivity index (χ2n) is 3.94. The molecule has 0 radical (unpaired) electrons. The zero-order valence-electron chi connectivity index (χ0n) is 10.6. The molecule has 0 aliphatic rings. The Balaban J connectivity index is 2.38. The van der Waals surface area contributed by atoms with Crippen LogP contribution in [0.3, 0.4) is 0 Å². The van der Waals surface area contributed by atoms with Gasteiger partial charge in [-0.2, -0.15) is 0 Å². The zero-order valence-corrected chi connectivity index (χ0v) is 10.6. The second kappa shape index (κ2) is 7.56. The Kier molecular flexibility index (Phi) is 5.94. The fourth-order valence-electron chi connectivity index (χ4n) is 1.40. The molecule has 0 unspecified atom stereocenters. The Morgan fingerprint density at radius 2 is 2.24 bits per heavy atom. The van der Waals surface area contributed by atoms with E-state index in [1.165, 1.54) is 11.0 Å². The standard InChI is InChI=1S/C15H19BO/c1-3-4-5-6-8-13(2)17-12-14-9-7-10-15(16)11-14/h4-11H,2-3,12,16H2,1H3/b5-4-,8-6-. The van der Waals surface area contributed by atoms with Crippen LogP contribution in [-0.4, -0.2) is 7.85 Å². The van der Waals surface area contributed by atoms with E-state index in [2.05, 4.69) is 45.6 Å². The van der Waals surface area contributed by atoms with E-state index in [1.807, 2.05) is 24.3 Å². The summed E-state index contributed by atoms with van der Waals surface area (Å²) >= 11 is 0. The minimum absolute atomic E-state index is 0.572. The smallest absolute Gasteiger partial charge is 0.139 e. The van der Waals surface area contributed by atoms with E-state index in [4.69, 9.17) is 4.74 Å². The van der Waals surface area contributed by atoms with Crippen LogP contribution < -0.4 is 5.46 Å². The molecule has 1 nitrogen and oxygen atoms in total. The predicted octanol–water partition coefficient (Wildman–Crippen LogP) is 2.50. The SMILES string of the molecule is Bc1cccc(COC(=C)/C=C\C=C/CC)c1. The van der Waals surface area contributed by atoms with Crippen molar-refractivity contribution in [2.75, 3.05) is 0 Å². The molecule has 0 heterocycles. The van der Waals surface area contributed by atoms with E-state index in [0.29, 0.717) is 12.4 Å². The van der Waals surface area contributed by atoms with Gasteiger partial charge in [0.25, 0.3) is 0 Å².